The minimum absolute atomic E-state index is 0.203. The molecule has 1 fully saturated rings. The fraction of sp³-hybridized carbons (Fsp3) is 0.857. The quantitative estimate of drug-likeness (QED) is 0.733. The summed E-state index contributed by atoms with van der Waals surface area (Å²) in [5, 5.41) is 8.66. The molecule has 0 aromatic heterocycles. The summed E-state index contributed by atoms with van der Waals surface area (Å²) in [4.78, 5) is 24.5. The number of carboxylic acids is 1. The molecule has 1 saturated heterocycles. The summed E-state index contributed by atoms with van der Waals surface area (Å²) >= 11 is 0. The van der Waals surface area contributed by atoms with Crippen molar-refractivity contribution >= 4 is 11.9 Å². The van der Waals surface area contributed by atoms with Crippen LogP contribution in [-0.2, 0) is 9.59 Å². The molecule has 0 spiro atoms. The van der Waals surface area contributed by atoms with Gasteiger partial charge in [0.25, 0.3) is 0 Å². The fourth-order valence-electron chi connectivity index (χ4n) is 2.57. The van der Waals surface area contributed by atoms with Crippen LogP contribution in [0.3, 0.4) is 0 Å². The highest BCUT2D eigenvalue weighted by Gasteiger charge is 2.24. The minimum atomic E-state index is -0.729. The standard InChI is InChI=1S/C14H26N2O3/c1-2-11(10-15)9-13(17)16-7-5-12(6-8-16)3-4-14(18)19/h11-12H,2-10,15H2,1H3,(H,18,19). The van der Waals surface area contributed by atoms with Crippen molar-refractivity contribution in [2.45, 2.75) is 45.4 Å². The van der Waals surface area contributed by atoms with Gasteiger partial charge in [0, 0.05) is 25.9 Å². The maximum atomic E-state index is 12.1. The van der Waals surface area contributed by atoms with E-state index in [1.54, 1.807) is 0 Å². The second kappa shape index (κ2) is 8.15. The summed E-state index contributed by atoms with van der Waals surface area (Å²) < 4.78 is 0. The van der Waals surface area contributed by atoms with E-state index in [9.17, 15) is 9.59 Å². The molecule has 1 heterocycles. The van der Waals surface area contributed by atoms with E-state index in [1.165, 1.54) is 0 Å². The second-order valence-electron chi connectivity index (χ2n) is 5.47. The maximum absolute atomic E-state index is 12.1. The van der Waals surface area contributed by atoms with Crippen LogP contribution in [0.25, 0.3) is 0 Å². The SMILES string of the molecule is CCC(CN)CC(=O)N1CCC(CCC(=O)O)CC1. The van der Waals surface area contributed by atoms with Crippen molar-refractivity contribution in [2.75, 3.05) is 19.6 Å². The monoisotopic (exact) mass is 270 g/mol. The van der Waals surface area contributed by atoms with Crippen LogP contribution in [0.5, 0.6) is 0 Å². The lowest BCUT2D eigenvalue weighted by molar-refractivity contribution is -0.138. The first-order chi connectivity index (χ1) is 9.06. The summed E-state index contributed by atoms with van der Waals surface area (Å²) in [6.07, 6.45) is 4.32. The van der Waals surface area contributed by atoms with Crippen LogP contribution in [-0.4, -0.2) is 41.5 Å². The zero-order chi connectivity index (χ0) is 14.3. The molecule has 0 aromatic carbocycles. The lowest BCUT2D eigenvalue weighted by Crippen LogP contribution is -2.39. The second-order valence-corrected chi connectivity index (χ2v) is 5.47. The molecule has 3 N–H and O–H groups in total. The third-order valence-electron chi connectivity index (χ3n) is 4.11. The number of carboxylic acid groups (broad SMARTS) is 1. The van der Waals surface area contributed by atoms with Crippen LogP contribution in [0.2, 0.25) is 0 Å². The van der Waals surface area contributed by atoms with E-state index in [-0.39, 0.29) is 18.2 Å². The van der Waals surface area contributed by atoms with E-state index in [4.69, 9.17) is 10.8 Å². The first kappa shape index (κ1) is 16.0. The Morgan fingerprint density at radius 3 is 2.47 bits per heavy atom. The highest BCUT2D eigenvalue weighted by molar-refractivity contribution is 5.76. The number of nitrogens with zero attached hydrogens (tertiary/aromatic N) is 1. The molecule has 0 aromatic rings. The largest absolute Gasteiger partial charge is 0.481 e. The molecule has 1 aliphatic rings. The van der Waals surface area contributed by atoms with Crippen molar-refractivity contribution < 1.29 is 14.7 Å². The van der Waals surface area contributed by atoms with Crippen molar-refractivity contribution in [3.63, 3.8) is 0 Å². The molecule has 0 bridgehead atoms. The molecule has 1 rings (SSSR count). The molecular formula is C14H26N2O3. The van der Waals surface area contributed by atoms with Gasteiger partial charge in [-0.25, -0.2) is 0 Å². The Bertz CT molecular complexity index is 295. The Morgan fingerprint density at radius 2 is 2.00 bits per heavy atom. The van der Waals surface area contributed by atoms with Crippen LogP contribution >= 0.6 is 0 Å². The number of hydrogen-bond acceptors (Lipinski definition) is 3. The number of hydrogen-bond donors (Lipinski definition) is 2. The molecule has 1 unspecified atom stereocenters. The van der Waals surface area contributed by atoms with Gasteiger partial charge in [-0.15, -0.1) is 0 Å². The summed E-state index contributed by atoms with van der Waals surface area (Å²) in [6.45, 7) is 4.16. The van der Waals surface area contributed by atoms with E-state index < -0.39 is 5.97 Å². The van der Waals surface area contributed by atoms with Gasteiger partial charge in [-0.3, -0.25) is 9.59 Å². The number of piperidine rings is 1. The van der Waals surface area contributed by atoms with Gasteiger partial charge in [0.1, 0.15) is 0 Å². The molecule has 19 heavy (non-hydrogen) atoms. The summed E-state index contributed by atoms with van der Waals surface area (Å²) in [5.74, 6) is 0.218. The predicted octanol–water partition coefficient (Wildman–Crippen LogP) is 1.46. The topological polar surface area (TPSA) is 83.6 Å². The highest BCUT2D eigenvalue weighted by atomic mass is 16.4. The molecule has 0 radical (unpaired) electrons. The third-order valence-corrected chi connectivity index (χ3v) is 4.11. The zero-order valence-corrected chi connectivity index (χ0v) is 11.8. The normalized spacial score (nSPS) is 18.3. The van der Waals surface area contributed by atoms with E-state index in [0.29, 0.717) is 18.9 Å². The van der Waals surface area contributed by atoms with Crippen LogP contribution in [0.15, 0.2) is 0 Å². The highest BCUT2D eigenvalue weighted by Crippen LogP contribution is 2.23. The van der Waals surface area contributed by atoms with Crippen molar-refractivity contribution in [3.05, 3.63) is 0 Å². The molecule has 1 amide bonds. The van der Waals surface area contributed by atoms with Crippen molar-refractivity contribution in [1.82, 2.24) is 4.90 Å². The average molecular weight is 270 g/mol. The number of likely N-dealkylation sites (tertiary alicyclic amines) is 1. The molecule has 5 heteroatoms. The number of aliphatic carboxylic acids is 1. The van der Waals surface area contributed by atoms with Gasteiger partial charge in [0.2, 0.25) is 5.91 Å². The molecule has 1 aliphatic heterocycles. The Labute approximate surface area is 115 Å². The average Bonchev–Trinajstić information content (AvgIpc) is 2.42. The van der Waals surface area contributed by atoms with Gasteiger partial charge in [-0.05, 0) is 37.6 Å². The van der Waals surface area contributed by atoms with E-state index >= 15 is 0 Å². The smallest absolute Gasteiger partial charge is 0.303 e. The molecule has 110 valence electrons. The number of amides is 1. The van der Waals surface area contributed by atoms with Gasteiger partial charge < -0.3 is 15.7 Å². The first-order valence-corrected chi connectivity index (χ1v) is 7.26. The van der Waals surface area contributed by atoms with Crippen LogP contribution in [0.1, 0.15) is 45.4 Å². The fourth-order valence-corrected chi connectivity index (χ4v) is 2.57. The van der Waals surface area contributed by atoms with E-state index in [1.807, 2.05) is 4.90 Å². The van der Waals surface area contributed by atoms with Gasteiger partial charge in [-0.2, -0.15) is 0 Å². The minimum Gasteiger partial charge on any atom is -0.481 e. The van der Waals surface area contributed by atoms with Crippen molar-refractivity contribution in [1.29, 1.82) is 0 Å². The van der Waals surface area contributed by atoms with Crippen LogP contribution in [0, 0.1) is 11.8 Å². The van der Waals surface area contributed by atoms with Gasteiger partial charge in [-0.1, -0.05) is 13.3 Å². The third kappa shape index (κ3) is 5.59. The number of rotatable bonds is 7. The number of nitrogens with two attached hydrogens (primary N) is 1. The first-order valence-electron chi connectivity index (χ1n) is 7.26. The molecule has 0 aliphatic carbocycles. The Morgan fingerprint density at radius 1 is 1.37 bits per heavy atom. The summed E-state index contributed by atoms with van der Waals surface area (Å²) in [5.41, 5.74) is 5.62. The maximum Gasteiger partial charge on any atom is 0.303 e. The van der Waals surface area contributed by atoms with Crippen LogP contribution < -0.4 is 5.73 Å². The molecule has 5 nitrogen and oxygen atoms in total. The van der Waals surface area contributed by atoms with Gasteiger partial charge in [0.05, 0.1) is 0 Å². The molecule has 1 atom stereocenters. The van der Waals surface area contributed by atoms with Crippen LogP contribution in [0.4, 0.5) is 0 Å². The van der Waals surface area contributed by atoms with Crippen molar-refractivity contribution in [2.24, 2.45) is 17.6 Å². The molecule has 0 saturated carbocycles. The Kier molecular flexibility index (Phi) is 6.84. The summed E-state index contributed by atoms with van der Waals surface area (Å²) in [7, 11) is 0. The predicted molar refractivity (Wildman–Crippen MR) is 73.6 cm³/mol. The number of carbonyl (C=O) groups is 2. The Balaban J connectivity index is 2.28. The lowest BCUT2D eigenvalue weighted by atomic mass is 9.91. The van der Waals surface area contributed by atoms with Gasteiger partial charge in [0.15, 0.2) is 0 Å². The lowest BCUT2D eigenvalue weighted by Gasteiger charge is -2.32. The van der Waals surface area contributed by atoms with Gasteiger partial charge >= 0.3 is 5.97 Å². The van der Waals surface area contributed by atoms with E-state index in [0.717, 1.165) is 38.8 Å². The summed E-state index contributed by atoms with van der Waals surface area (Å²) in [6, 6.07) is 0. The number of carbonyl (C=O) groups excluding carboxylic acids is 1. The van der Waals surface area contributed by atoms with Crippen molar-refractivity contribution in [3.8, 4) is 0 Å². The Hall–Kier alpha value is -1.10. The van der Waals surface area contributed by atoms with E-state index in [2.05, 4.69) is 6.92 Å². The molecular weight excluding hydrogens is 244 g/mol. The zero-order valence-electron chi connectivity index (χ0n) is 11.8.